The van der Waals surface area contributed by atoms with E-state index in [0.29, 0.717) is 11.0 Å². The number of nitrogens with two attached hydrogens (primary N) is 2. The zero-order valence-electron chi connectivity index (χ0n) is 12.1. The van der Waals surface area contributed by atoms with Gasteiger partial charge in [-0.3, -0.25) is 19.5 Å². The van der Waals surface area contributed by atoms with Gasteiger partial charge in [-0.2, -0.15) is 0 Å². The van der Waals surface area contributed by atoms with E-state index in [2.05, 4.69) is 10.2 Å². The Labute approximate surface area is 139 Å². The van der Waals surface area contributed by atoms with Crippen LogP contribution in [0.1, 0.15) is 6.92 Å². The molecule has 23 heavy (non-hydrogen) atoms. The molecule has 9 nitrogen and oxygen atoms in total. The number of carbonyl (C=O) groups is 3. The fourth-order valence-corrected chi connectivity index (χ4v) is 3.26. The van der Waals surface area contributed by atoms with Gasteiger partial charge in [0.2, 0.25) is 11.8 Å². The van der Waals surface area contributed by atoms with Gasteiger partial charge >= 0.3 is 6.03 Å². The van der Waals surface area contributed by atoms with E-state index in [0.717, 1.165) is 16.6 Å². The van der Waals surface area contributed by atoms with Crippen LogP contribution in [0.25, 0.3) is 10.7 Å². The van der Waals surface area contributed by atoms with Gasteiger partial charge in [0.25, 0.3) is 0 Å². The molecular weight excluding hydrogens is 340 g/mol. The van der Waals surface area contributed by atoms with Crippen LogP contribution in [0.3, 0.4) is 0 Å². The van der Waals surface area contributed by atoms with Crippen LogP contribution < -0.4 is 16.8 Å². The molecule has 0 aromatic carbocycles. The summed E-state index contributed by atoms with van der Waals surface area (Å²) in [5.41, 5.74) is 10.2. The highest BCUT2D eigenvalue weighted by Gasteiger charge is 2.22. The molecular formula is C12H14N6O3S2. The molecule has 2 aromatic heterocycles. The maximum absolute atomic E-state index is 11.7. The lowest BCUT2D eigenvalue weighted by Gasteiger charge is -2.11. The summed E-state index contributed by atoms with van der Waals surface area (Å²) in [5.74, 6) is -0.628. The highest BCUT2D eigenvalue weighted by atomic mass is 32.2. The van der Waals surface area contributed by atoms with Gasteiger partial charge in [0, 0.05) is 0 Å². The van der Waals surface area contributed by atoms with Gasteiger partial charge in [0.15, 0.2) is 11.0 Å². The highest BCUT2D eigenvalue weighted by Crippen LogP contribution is 2.29. The van der Waals surface area contributed by atoms with Gasteiger partial charge < -0.3 is 11.5 Å². The molecule has 0 radical (unpaired) electrons. The van der Waals surface area contributed by atoms with Crippen LogP contribution in [0.15, 0.2) is 22.7 Å². The molecule has 5 N–H and O–H groups in total. The number of thioether (sulfide) groups is 1. The third-order valence-corrected chi connectivity index (χ3v) is 4.62. The summed E-state index contributed by atoms with van der Waals surface area (Å²) in [4.78, 5) is 34.6. The second kappa shape index (κ2) is 7.24. The van der Waals surface area contributed by atoms with Crippen molar-refractivity contribution in [1.29, 1.82) is 0 Å². The van der Waals surface area contributed by atoms with Gasteiger partial charge in [-0.15, -0.1) is 21.5 Å². The summed E-state index contributed by atoms with van der Waals surface area (Å²) in [7, 11) is 0. The largest absolute Gasteiger partial charge is 0.368 e. The molecule has 0 spiro atoms. The minimum Gasteiger partial charge on any atom is -0.368 e. The van der Waals surface area contributed by atoms with Crippen LogP contribution in [0.2, 0.25) is 0 Å². The molecule has 2 aromatic rings. The Morgan fingerprint density at radius 2 is 2.13 bits per heavy atom. The monoisotopic (exact) mass is 354 g/mol. The fourth-order valence-electron chi connectivity index (χ4n) is 1.70. The van der Waals surface area contributed by atoms with Gasteiger partial charge in [0.05, 0.1) is 10.1 Å². The summed E-state index contributed by atoms with van der Waals surface area (Å²) in [5, 5.41) is 11.6. The predicted molar refractivity (Wildman–Crippen MR) is 85.6 cm³/mol. The predicted octanol–water partition coefficient (Wildman–Crippen LogP) is 0.167. The highest BCUT2D eigenvalue weighted by molar-refractivity contribution is 8.00. The molecule has 0 aliphatic rings. The molecule has 1 unspecified atom stereocenters. The molecule has 0 fully saturated rings. The lowest BCUT2D eigenvalue weighted by molar-refractivity contribution is -0.119. The summed E-state index contributed by atoms with van der Waals surface area (Å²) in [6, 6.07) is 2.75. The zero-order valence-corrected chi connectivity index (χ0v) is 13.7. The molecule has 0 bridgehead atoms. The second-order valence-electron chi connectivity index (χ2n) is 4.45. The number of rotatable bonds is 6. The summed E-state index contributed by atoms with van der Waals surface area (Å²) in [6.07, 6.45) is 0. The topological polar surface area (TPSA) is 146 Å². The number of amides is 4. The number of primary amides is 2. The molecule has 1 atom stereocenters. The Hall–Kier alpha value is -2.40. The molecule has 0 aliphatic heterocycles. The number of aromatic nitrogens is 3. The number of urea groups is 1. The van der Waals surface area contributed by atoms with E-state index >= 15 is 0 Å². The first-order valence-electron chi connectivity index (χ1n) is 6.40. The minimum absolute atomic E-state index is 0.118. The van der Waals surface area contributed by atoms with Crippen molar-refractivity contribution in [2.75, 3.05) is 0 Å². The summed E-state index contributed by atoms with van der Waals surface area (Å²) < 4.78 is 1.53. The SMILES string of the molecule is CC(Sc1nnc(-c2cccs2)n1CC(N)=O)C(=O)NC(N)=O. The normalized spacial score (nSPS) is 11.9. The van der Waals surface area contributed by atoms with E-state index in [9.17, 15) is 14.4 Å². The number of nitrogens with one attached hydrogen (secondary N) is 1. The maximum Gasteiger partial charge on any atom is 0.318 e. The number of imide groups is 1. The number of hydrogen-bond acceptors (Lipinski definition) is 7. The zero-order chi connectivity index (χ0) is 17.0. The molecule has 0 saturated carbocycles. The van der Waals surface area contributed by atoms with Crippen LogP contribution in [-0.4, -0.2) is 37.9 Å². The lowest BCUT2D eigenvalue weighted by Crippen LogP contribution is -2.39. The Kier molecular flexibility index (Phi) is 5.34. The molecule has 4 amide bonds. The van der Waals surface area contributed by atoms with Crippen molar-refractivity contribution in [3.63, 3.8) is 0 Å². The van der Waals surface area contributed by atoms with Crippen LogP contribution >= 0.6 is 23.1 Å². The van der Waals surface area contributed by atoms with Crippen LogP contribution in [0, 0.1) is 0 Å². The van der Waals surface area contributed by atoms with Gasteiger partial charge in [0.1, 0.15) is 6.54 Å². The number of carbonyl (C=O) groups excluding carboxylic acids is 3. The van der Waals surface area contributed by atoms with Crippen LogP contribution in [0.5, 0.6) is 0 Å². The number of thiophene rings is 1. The molecule has 0 saturated heterocycles. The third-order valence-electron chi connectivity index (χ3n) is 2.67. The van der Waals surface area contributed by atoms with Crippen molar-refractivity contribution in [3.8, 4) is 10.7 Å². The average Bonchev–Trinajstić information content (AvgIpc) is 3.08. The standard InChI is InChI=1S/C12H14N6O3S2/c1-6(10(20)15-11(14)21)23-12-17-16-9(7-3-2-4-22-7)18(12)5-8(13)19/h2-4,6H,5H2,1H3,(H2,13,19)(H3,14,15,20,21). The summed E-state index contributed by atoms with van der Waals surface area (Å²) in [6.45, 7) is 1.46. The van der Waals surface area contributed by atoms with Crippen molar-refractivity contribution in [3.05, 3.63) is 17.5 Å². The molecule has 2 heterocycles. The van der Waals surface area contributed by atoms with E-state index in [-0.39, 0.29) is 6.54 Å². The van der Waals surface area contributed by atoms with E-state index in [1.54, 1.807) is 6.92 Å². The molecule has 122 valence electrons. The maximum atomic E-state index is 11.7. The Balaban J connectivity index is 2.26. The summed E-state index contributed by atoms with van der Waals surface area (Å²) >= 11 is 2.49. The first-order chi connectivity index (χ1) is 10.9. The lowest BCUT2D eigenvalue weighted by atomic mass is 10.4. The van der Waals surface area contributed by atoms with E-state index in [4.69, 9.17) is 11.5 Å². The van der Waals surface area contributed by atoms with E-state index in [1.807, 2.05) is 22.8 Å². The van der Waals surface area contributed by atoms with Crippen molar-refractivity contribution in [2.45, 2.75) is 23.9 Å². The van der Waals surface area contributed by atoms with Gasteiger partial charge in [-0.05, 0) is 18.4 Å². The fraction of sp³-hybridized carbons (Fsp3) is 0.250. The van der Waals surface area contributed by atoms with Crippen molar-refractivity contribution in [1.82, 2.24) is 20.1 Å². The Morgan fingerprint density at radius 1 is 1.39 bits per heavy atom. The number of hydrogen-bond donors (Lipinski definition) is 3. The van der Waals surface area contributed by atoms with Gasteiger partial charge in [-0.1, -0.05) is 17.8 Å². The van der Waals surface area contributed by atoms with Crippen molar-refractivity contribution >= 4 is 40.9 Å². The van der Waals surface area contributed by atoms with Crippen molar-refractivity contribution in [2.24, 2.45) is 11.5 Å². The molecule has 11 heteroatoms. The van der Waals surface area contributed by atoms with Crippen LogP contribution in [-0.2, 0) is 16.1 Å². The smallest absolute Gasteiger partial charge is 0.318 e. The Bertz CT molecular complexity index is 727. The molecule has 0 aliphatic carbocycles. The van der Waals surface area contributed by atoms with E-state index in [1.165, 1.54) is 15.9 Å². The first kappa shape index (κ1) is 17.0. The quantitative estimate of drug-likeness (QED) is 0.630. The molecule has 2 rings (SSSR count). The minimum atomic E-state index is -0.930. The average molecular weight is 354 g/mol. The van der Waals surface area contributed by atoms with Gasteiger partial charge in [-0.25, -0.2) is 4.79 Å². The van der Waals surface area contributed by atoms with E-state index < -0.39 is 23.1 Å². The third kappa shape index (κ3) is 4.29. The second-order valence-corrected chi connectivity index (χ2v) is 6.71. The first-order valence-corrected chi connectivity index (χ1v) is 8.16. The van der Waals surface area contributed by atoms with Crippen molar-refractivity contribution < 1.29 is 14.4 Å². The van der Waals surface area contributed by atoms with Crippen LogP contribution in [0.4, 0.5) is 4.79 Å². The Morgan fingerprint density at radius 3 is 2.70 bits per heavy atom. The number of nitrogens with zero attached hydrogens (tertiary/aromatic N) is 3.